The fraction of sp³-hybridized carbons (Fsp3) is 0.350. The Kier molecular flexibility index (Phi) is 7.14. The summed E-state index contributed by atoms with van der Waals surface area (Å²) in [7, 11) is 0. The molecule has 6 nitrogen and oxygen atoms in total. The van der Waals surface area contributed by atoms with Crippen molar-refractivity contribution >= 4 is 11.9 Å². The highest BCUT2D eigenvalue weighted by molar-refractivity contribution is 5.87. The van der Waals surface area contributed by atoms with Crippen molar-refractivity contribution in [2.24, 2.45) is 5.92 Å². The second kappa shape index (κ2) is 9.56. The average molecular weight is 354 g/mol. The van der Waals surface area contributed by atoms with Gasteiger partial charge in [0, 0.05) is 12.2 Å². The predicted octanol–water partition coefficient (Wildman–Crippen LogP) is 2.53. The first-order valence-electron chi connectivity index (χ1n) is 8.74. The van der Waals surface area contributed by atoms with Crippen molar-refractivity contribution in [3.05, 3.63) is 65.5 Å². The topological polar surface area (TPSA) is 83.1 Å². The van der Waals surface area contributed by atoms with Crippen LogP contribution in [0, 0.1) is 12.8 Å². The summed E-state index contributed by atoms with van der Waals surface area (Å²) in [6, 6.07) is 14.3. The molecule has 138 valence electrons. The normalized spacial score (nSPS) is 11.7. The summed E-state index contributed by atoms with van der Waals surface area (Å²) in [4.78, 5) is 29.0. The van der Waals surface area contributed by atoms with Gasteiger partial charge in [-0.3, -0.25) is 9.78 Å². The lowest BCUT2D eigenvalue weighted by atomic mass is 10.0. The second-order valence-electron chi connectivity index (χ2n) is 6.52. The Morgan fingerprint density at radius 1 is 0.962 bits per heavy atom. The number of carbonyl (C=O) groups excluding carboxylic acids is 2. The Bertz CT molecular complexity index is 732. The van der Waals surface area contributed by atoms with Crippen LogP contribution in [0.25, 0.3) is 0 Å². The van der Waals surface area contributed by atoms with E-state index in [1.165, 1.54) is 0 Å². The Labute approximate surface area is 154 Å². The van der Waals surface area contributed by atoms with Crippen LogP contribution in [-0.2, 0) is 17.9 Å². The summed E-state index contributed by atoms with van der Waals surface area (Å²) in [6.07, 6.45) is 0. The summed E-state index contributed by atoms with van der Waals surface area (Å²) in [5.41, 5.74) is 2.68. The minimum Gasteiger partial charge on any atom is -0.349 e. The molecule has 2 rings (SSSR count). The fourth-order valence-electron chi connectivity index (χ4n) is 2.49. The lowest BCUT2D eigenvalue weighted by Gasteiger charge is -2.22. The van der Waals surface area contributed by atoms with Crippen LogP contribution in [0.4, 0.5) is 4.79 Å². The van der Waals surface area contributed by atoms with Crippen LogP contribution >= 0.6 is 0 Å². The molecule has 6 heteroatoms. The molecule has 2 aromatic rings. The number of hydrogen-bond donors (Lipinski definition) is 3. The van der Waals surface area contributed by atoms with Crippen LogP contribution in [0.5, 0.6) is 0 Å². The number of urea groups is 1. The van der Waals surface area contributed by atoms with E-state index in [-0.39, 0.29) is 17.9 Å². The van der Waals surface area contributed by atoms with Crippen molar-refractivity contribution in [1.82, 2.24) is 20.9 Å². The van der Waals surface area contributed by atoms with Crippen molar-refractivity contribution in [1.29, 1.82) is 0 Å². The van der Waals surface area contributed by atoms with Crippen LogP contribution in [-0.4, -0.2) is 23.0 Å². The molecule has 0 spiro atoms. The number of aryl methyl sites for hydroxylation is 1. The minimum absolute atomic E-state index is 0.0389. The number of rotatable bonds is 7. The first-order chi connectivity index (χ1) is 12.5. The first kappa shape index (κ1) is 19.4. The van der Waals surface area contributed by atoms with Gasteiger partial charge in [0.2, 0.25) is 5.91 Å². The molecule has 1 unspecified atom stereocenters. The van der Waals surface area contributed by atoms with Crippen molar-refractivity contribution in [2.45, 2.75) is 39.9 Å². The molecular weight excluding hydrogens is 328 g/mol. The number of amides is 3. The molecule has 0 aliphatic carbocycles. The molecule has 3 N–H and O–H groups in total. The van der Waals surface area contributed by atoms with Crippen molar-refractivity contribution in [3.8, 4) is 0 Å². The van der Waals surface area contributed by atoms with E-state index < -0.39 is 6.04 Å². The monoisotopic (exact) mass is 354 g/mol. The van der Waals surface area contributed by atoms with Crippen molar-refractivity contribution < 1.29 is 9.59 Å². The average Bonchev–Trinajstić information content (AvgIpc) is 2.63. The standard InChI is InChI=1S/C20H26N4O2/c1-14(2)18(19(25)21-13-17-11-7-8-15(3)23-17)24-20(26)22-12-16-9-5-4-6-10-16/h4-11,14,18H,12-13H2,1-3H3,(H,21,25)(H2,22,24,26). The quantitative estimate of drug-likeness (QED) is 0.714. The van der Waals surface area contributed by atoms with Gasteiger partial charge in [-0.2, -0.15) is 0 Å². The van der Waals surface area contributed by atoms with Gasteiger partial charge in [-0.15, -0.1) is 0 Å². The smallest absolute Gasteiger partial charge is 0.315 e. The number of benzene rings is 1. The molecule has 1 aromatic carbocycles. The third-order valence-electron chi connectivity index (χ3n) is 3.92. The SMILES string of the molecule is Cc1cccc(CNC(=O)C(NC(=O)NCc2ccccc2)C(C)C)n1. The molecule has 1 atom stereocenters. The van der Waals surface area contributed by atoms with Gasteiger partial charge in [-0.1, -0.05) is 50.2 Å². The van der Waals surface area contributed by atoms with Crippen LogP contribution in [0.3, 0.4) is 0 Å². The zero-order valence-electron chi connectivity index (χ0n) is 15.5. The number of carbonyl (C=O) groups is 2. The van der Waals surface area contributed by atoms with E-state index in [0.717, 1.165) is 17.0 Å². The molecule has 0 saturated heterocycles. The summed E-state index contributed by atoms with van der Waals surface area (Å²) in [5, 5.41) is 8.37. The van der Waals surface area contributed by atoms with E-state index in [9.17, 15) is 9.59 Å². The highest BCUT2D eigenvalue weighted by Crippen LogP contribution is 2.04. The van der Waals surface area contributed by atoms with E-state index in [1.807, 2.05) is 69.3 Å². The molecule has 1 aromatic heterocycles. The first-order valence-corrected chi connectivity index (χ1v) is 8.74. The predicted molar refractivity (Wildman–Crippen MR) is 101 cm³/mol. The lowest BCUT2D eigenvalue weighted by Crippen LogP contribution is -2.52. The number of nitrogens with zero attached hydrogens (tertiary/aromatic N) is 1. The van der Waals surface area contributed by atoms with Crippen LogP contribution in [0.1, 0.15) is 30.8 Å². The molecule has 3 amide bonds. The second-order valence-corrected chi connectivity index (χ2v) is 6.52. The van der Waals surface area contributed by atoms with Crippen LogP contribution < -0.4 is 16.0 Å². The van der Waals surface area contributed by atoms with Crippen LogP contribution in [0.2, 0.25) is 0 Å². The van der Waals surface area contributed by atoms with Gasteiger partial charge in [0.1, 0.15) is 6.04 Å². The molecule has 0 aliphatic rings. The third-order valence-corrected chi connectivity index (χ3v) is 3.92. The molecule has 26 heavy (non-hydrogen) atoms. The Hall–Kier alpha value is -2.89. The lowest BCUT2D eigenvalue weighted by molar-refractivity contribution is -0.124. The fourth-order valence-corrected chi connectivity index (χ4v) is 2.49. The summed E-state index contributed by atoms with van der Waals surface area (Å²) >= 11 is 0. The van der Waals surface area contributed by atoms with Gasteiger partial charge >= 0.3 is 6.03 Å². The molecule has 0 aliphatic heterocycles. The molecule has 1 heterocycles. The van der Waals surface area contributed by atoms with Gasteiger partial charge < -0.3 is 16.0 Å². The highest BCUT2D eigenvalue weighted by atomic mass is 16.2. The molecule has 0 bridgehead atoms. The van der Waals surface area contributed by atoms with E-state index >= 15 is 0 Å². The zero-order valence-corrected chi connectivity index (χ0v) is 15.5. The largest absolute Gasteiger partial charge is 0.349 e. The molecule has 0 saturated carbocycles. The van der Waals surface area contributed by atoms with Crippen molar-refractivity contribution in [2.75, 3.05) is 0 Å². The van der Waals surface area contributed by atoms with E-state index in [1.54, 1.807) is 0 Å². The van der Waals surface area contributed by atoms with Crippen molar-refractivity contribution in [3.63, 3.8) is 0 Å². The zero-order chi connectivity index (χ0) is 18.9. The van der Waals surface area contributed by atoms with Gasteiger partial charge in [-0.05, 0) is 30.5 Å². The molecule has 0 radical (unpaired) electrons. The number of hydrogen-bond acceptors (Lipinski definition) is 3. The summed E-state index contributed by atoms with van der Waals surface area (Å²) in [5.74, 6) is -0.263. The molecule has 0 fully saturated rings. The summed E-state index contributed by atoms with van der Waals surface area (Å²) in [6.45, 7) is 6.43. The van der Waals surface area contributed by atoms with Gasteiger partial charge in [0.25, 0.3) is 0 Å². The number of pyridine rings is 1. The number of aromatic nitrogens is 1. The Morgan fingerprint density at radius 2 is 1.69 bits per heavy atom. The maximum Gasteiger partial charge on any atom is 0.315 e. The van der Waals surface area contributed by atoms with E-state index in [4.69, 9.17) is 0 Å². The van der Waals surface area contributed by atoms with Gasteiger partial charge in [-0.25, -0.2) is 4.79 Å². The van der Waals surface area contributed by atoms with E-state index in [2.05, 4.69) is 20.9 Å². The minimum atomic E-state index is -0.615. The summed E-state index contributed by atoms with van der Waals surface area (Å²) < 4.78 is 0. The highest BCUT2D eigenvalue weighted by Gasteiger charge is 2.23. The van der Waals surface area contributed by atoms with Gasteiger partial charge in [0.15, 0.2) is 0 Å². The number of nitrogens with one attached hydrogen (secondary N) is 3. The maximum absolute atomic E-state index is 12.5. The molecular formula is C20H26N4O2. The van der Waals surface area contributed by atoms with Gasteiger partial charge in [0.05, 0.1) is 12.2 Å². The van der Waals surface area contributed by atoms with E-state index in [0.29, 0.717) is 13.1 Å². The third kappa shape index (κ3) is 6.20. The Morgan fingerprint density at radius 3 is 2.35 bits per heavy atom. The Balaban J connectivity index is 1.86. The van der Waals surface area contributed by atoms with Crippen LogP contribution in [0.15, 0.2) is 48.5 Å². The maximum atomic E-state index is 12.5.